The molecule has 0 saturated carbocycles. The Morgan fingerprint density at radius 1 is 1.31 bits per heavy atom. The number of hydrogen-bond donors (Lipinski definition) is 3. The summed E-state index contributed by atoms with van der Waals surface area (Å²) in [5.41, 5.74) is 12.3. The fraction of sp³-hybridized carbons (Fsp3) is 0.200. The molecule has 2 aromatic rings. The second kappa shape index (κ2) is 4.19. The lowest BCUT2D eigenvalue weighted by Crippen LogP contribution is -2.13. The summed E-state index contributed by atoms with van der Waals surface area (Å²) in [5.74, 6) is 1.52. The number of hydrogen-bond acceptors (Lipinski definition) is 5. The lowest BCUT2D eigenvalue weighted by Gasteiger charge is -2.09. The summed E-state index contributed by atoms with van der Waals surface area (Å²) in [6.07, 6.45) is 0. The van der Waals surface area contributed by atoms with Crippen LogP contribution in [-0.4, -0.2) is 22.3 Å². The van der Waals surface area contributed by atoms with Gasteiger partial charge in [-0.2, -0.15) is 4.98 Å². The van der Waals surface area contributed by atoms with Gasteiger partial charge >= 0.3 is 0 Å². The minimum absolute atomic E-state index is 0.193. The maximum atomic E-state index is 5.99. The van der Waals surface area contributed by atoms with Crippen LogP contribution in [0, 0.1) is 0 Å². The number of benzene rings is 1. The Morgan fingerprint density at radius 2 is 2.00 bits per heavy atom. The first-order chi connectivity index (χ1) is 7.70. The fourth-order valence-corrected chi connectivity index (χ4v) is 1.40. The number of nitrogens with two attached hydrogens (primary N) is 2. The van der Waals surface area contributed by atoms with Gasteiger partial charge in [0.2, 0.25) is 5.95 Å². The van der Waals surface area contributed by atoms with Crippen molar-refractivity contribution in [2.75, 3.05) is 12.8 Å². The summed E-state index contributed by atoms with van der Waals surface area (Å²) in [5, 5.41) is 6.42. The van der Waals surface area contributed by atoms with E-state index in [4.69, 9.17) is 16.2 Å². The lowest BCUT2D eigenvalue weighted by atomic mass is 10.1. The topological polar surface area (TPSA) is 103 Å². The van der Waals surface area contributed by atoms with Crippen molar-refractivity contribution < 1.29 is 4.74 Å². The number of nitrogens with one attached hydrogen (secondary N) is 1. The standard InChI is InChI=1S/C10H13N5O/c1-16-7-4-2-6(3-5-7)8(11)9-13-10(12)15-14-9/h2-5,8H,11H2,1H3,(H3,12,13,14,15)/t8-/m0/s1. The molecule has 1 atom stereocenters. The molecule has 0 bridgehead atoms. The highest BCUT2D eigenvalue weighted by atomic mass is 16.5. The second-order valence-electron chi connectivity index (χ2n) is 3.33. The number of methoxy groups -OCH3 is 1. The van der Waals surface area contributed by atoms with E-state index in [2.05, 4.69) is 15.2 Å². The van der Waals surface area contributed by atoms with Gasteiger partial charge in [-0.05, 0) is 17.7 Å². The quantitative estimate of drug-likeness (QED) is 0.695. The van der Waals surface area contributed by atoms with Crippen molar-refractivity contribution in [3.63, 3.8) is 0 Å². The van der Waals surface area contributed by atoms with Crippen molar-refractivity contribution in [2.45, 2.75) is 6.04 Å². The average molecular weight is 219 g/mol. The number of rotatable bonds is 3. The summed E-state index contributed by atoms with van der Waals surface area (Å²) < 4.78 is 5.06. The highest BCUT2D eigenvalue weighted by Gasteiger charge is 2.12. The summed E-state index contributed by atoms with van der Waals surface area (Å²) >= 11 is 0. The summed E-state index contributed by atoms with van der Waals surface area (Å²) in [6.45, 7) is 0. The fourth-order valence-electron chi connectivity index (χ4n) is 1.40. The molecule has 0 fully saturated rings. The Kier molecular flexibility index (Phi) is 2.74. The van der Waals surface area contributed by atoms with Crippen LogP contribution in [0.15, 0.2) is 24.3 Å². The molecular formula is C10H13N5O. The third-order valence-electron chi connectivity index (χ3n) is 2.29. The van der Waals surface area contributed by atoms with E-state index in [0.29, 0.717) is 5.82 Å². The Balaban J connectivity index is 2.23. The average Bonchev–Trinajstić information content (AvgIpc) is 2.75. The van der Waals surface area contributed by atoms with Crippen LogP contribution >= 0.6 is 0 Å². The van der Waals surface area contributed by atoms with Gasteiger partial charge in [0.15, 0.2) is 0 Å². The zero-order valence-corrected chi connectivity index (χ0v) is 8.84. The largest absolute Gasteiger partial charge is 0.497 e. The third kappa shape index (κ3) is 1.96. The maximum absolute atomic E-state index is 5.99. The molecule has 6 nitrogen and oxygen atoms in total. The van der Waals surface area contributed by atoms with Gasteiger partial charge < -0.3 is 16.2 Å². The molecule has 0 spiro atoms. The molecule has 16 heavy (non-hydrogen) atoms. The number of anilines is 1. The molecule has 0 radical (unpaired) electrons. The monoisotopic (exact) mass is 219 g/mol. The van der Waals surface area contributed by atoms with Crippen LogP contribution in [0.5, 0.6) is 5.75 Å². The minimum Gasteiger partial charge on any atom is -0.497 e. The number of ether oxygens (including phenoxy) is 1. The molecule has 84 valence electrons. The van der Waals surface area contributed by atoms with Gasteiger partial charge in [0.05, 0.1) is 13.2 Å². The molecule has 0 aliphatic heterocycles. The molecule has 0 aliphatic carbocycles. The van der Waals surface area contributed by atoms with Crippen molar-refractivity contribution in [1.82, 2.24) is 15.2 Å². The maximum Gasteiger partial charge on any atom is 0.239 e. The van der Waals surface area contributed by atoms with Crippen LogP contribution in [-0.2, 0) is 0 Å². The van der Waals surface area contributed by atoms with E-state index in [9.17, 15) is 0 Å². The Morgan fingerprint density at radius 3 is 2.50 bits per heavy atom. The van der Waals surface area contributed by atoms with Crippen molar-refractivity contribution in [1.29, 1.82) is 0 Å². The molecule has 1 aromatic carbocycles. The van der Waals surface area contributed by atoms with Crippen molar-refractivity contribution in [2.24, 2.45) is 5.73 Å². The van der Waals surface area contributed by atoms with Crippen molar-refractivity contribution in [3.05, 3.63) is 35.7 Å². The SMILES string of the molecule is COc1ccc([C@H](N)c2nc(N)n[nH]2)cc1. The first kappa shape index (κ1) is 10.4. The molecule has 1 aromatic heterocycles. The lowest BCUT2D eigenvalue weighted by molar-refractivity contribution is 0.414. The Labute approximate surface area is 92.6 Å². The van der Waals surface area contributed by atoms with E-state index in [0.717, 1.165) is 11.3 Å². The Bertz CT molecular complexity index is 464. The molecule has 0 saturated heterocycles. The zero-order valence-electron chi connectivity index (χ0n) is 8.84. The van der Waals surface area contributed by atoms with Gasteiger partial charge in [0.25, 0.3) is 0 Å². The summed E-state index contributed by atoms with van der Waals surface area (Å²) in [4.78, 5) is 3.98. The first-order valence-corrected chi connectivity index (χ1v) is 4.78. The van der Waals surface area contributed by atoms with Crippen LogP contribution < -0.4 is 16.2 Å². The number of nitrogen functional groups attached to an aromatic ring is 1. The molecule has 6 heteroatoms. The number of nitrogens with zero attached hydrogens (tertiary/aromatic N) is 2. The normalized spacial score (nSPS) is 12.4. The van der Waals surface area contributed by atoms with Crippen molar-refractivity contribution >= 4 is 5.95 Å². The summed E-state index contributed by atoms with van der Waals surface area (Å²) in [7, 11) is 1.62. The minimum atomic E-state index is -0.365. The van der Waals surface area contributed by atoms with Crippen LogP contribution in [0.3, 0.4) is 0 Å². The van der Waals surface area contributed by atoms with Crippen LogP contribution in [0.1, 0.15) is 17.4 Å². The number of aromatic amines is 1. The molecule has 2 rings (SSSR count). The van der Waals surface area contributed by atoms with Gasteiger partial charge in [-0.3, -0.25) is 5.10 Å². The van der Waals surface area contributed by atoms with E-state index >= 15 is 0 Å². The highest BCUT2D eigenvalue weighted by Crippen LogP contribution is 2.19. The zero-order chi connectivity index (χ0) is 11.5. The molecular weight excluding hydrogens is 206 g/mol. The van der Waals surface area contributed by atoms with E-state index < -0.39 is 0 Å². The molecule has 0 amide bonds. The van der Waals surface area contributed by atoms with Gasteiger partial charge in [-0.1, -0.05) is 12.1 Å². The predicted molar refractivity (Wildman–Crippen MR) is 59.8 cm³/mol. The third-order valence-corrected chi connectivity index (χ3v) is 2.29. The van der Waals surface area contributed by atoms with Crippen LogP contribution in [0.4, 0.5) is 5.95 Å². The molecule has 5 N–H and O–H groups in total. The number of aromatic nitrogens is 3. The van der Waals surface area contributed by atoms with Crippen LogP contribution in [0.25, 0.3) is 0 Å². The van der Waals surface area contributed by atoms with Crippen LogP contribution in [0.2, 0.25) is 0 Å². The van der Waals surface area contributed by atoms with E-state index in [1.165, 1.54) is 0 Å². The highest BCUT2D eigenvalue weighted by molar-refractivity contribution is 5.32. The molecule has 0 aliphatic rings. The smallest absolute Gasteiger partial charge is 0.239 e. The van der Waals surface area contributed by atoms with E-state index in [1.807, 2.05) is 24.3 Å². The predicted octanol–water partition coefficient (Wildman–Crippen LogP) is 0.444. The van der Waals surface area contributed by atoms with Gasteiger partial charge in [0, 0.05) is 0 Å². The van der Waals surface area contributed by atoms with E-state index in [-0.39, 0.29) is 12.0 Å². The van der Waals surface area contributed by atoms with Gasteiger partial charge in [-0.15, -0.1) is 5.10 Å². The van der Waals surface area contributed by atoms with E-state index in [1.54, 1.807) is 7.11 Å². The first-order valence-electron chi connectivity index (χ1n) is 4.78. The van der Waals surface area contributed by atoms with Gasteiger partial charge in [-0.25, -0.2) is 0 Å². The molecule has 1 heterocycles. The number of H-pyrrole nitrogens is 1. The molecule has 0 unspecified atom stereocenters. The van der Waals surface area contributed by atoms with Crippen molar-refractivity contribution in [3.8, 4) is 5.75 Å². The summed E-state index contributed by atoms with van der Waals surface area (Å²) in [6, 6.07) is 7.07. The second-order valence-corrected chi connectivity index (χ2v) is 3.33. The van der Waals surface area contributed by atoms with Gasteiger partial charge in [0.1, 0.15) is 11.6 Å². The Hall–Kier alpha value is -2.08.